The number of hydrogen-bond donors (Lipinski definition) is 0. The Morgan fingerprint density at radius 3 is 2.57 bits per heavy atom. The summed E-state index contributed by atoms with van der Waals surface area (Å²) >= 11 is 0. The average Bonchev–Trinajstić information content (AvgIpc) is 2.12. The Morgan fingerprint density at radius 2 is 2.14 bits per heavy atom. The number of ether oxygens (including phenoxy) is 2. The molecular formula is C10H16O4. The van der Waals surface area contributed by atoms with Crippen molar-refractivity contribution in [1.29, 1.82) is 0 Å². The minimum absolute atomic E-state index is 0.282. The van der Waals surface area contributed by atoms with E-state index in [0.717, 1.165) is 0 Å². The lowest BCUT2D eigenvalue weighted by Gasteiger charge is -2.14. The van der Waals surface area contributed by atoms with Crippen LogP contribution >= 0.6 is 0 Å². The summed E-state index contributed by atoms with van der Waals surface area (Å²) in [6.45, 7) is 6.78. The second-order valence-corrected chi connectivity index (χ2v) is 2.72. The molecule has 0 aliphatic heterocycles. The van der Waals surface area contributed by atoms with Gasteiger partial charge in [0.25, 0.3) is 0 Å². The van der Waals surface area contributed by atoms with E-state index in [4.69, 9.17) is 9.47 Å². The van der Waals surface area contributed by atoms with Gasteiger partial charge in [-0.3, -0.25) is 4.79 Å². The molecule has 1 atom stereocenters. The van der Waals surface area contributed by atoms with Gasteiger partial charge in [-0.1, -0.05) is 6.08 Å². The molecule has 0 spiro atoms. The zero-order valence-corrected chi connectivity index (χ0v) is 8.62. The quantitative estimate of drug-likeness (QED) is 0.481. The fourth-order valence-electron chi connectivity index (χ4n) is 0.930. The van der Waals surface area contributed by atoms with Crippen molar-refractivity contribution in [2.24, 2.45) is 0 Å². The molecule has 0 fully saturated rings. The molecule has 0 rings (SSSR count). The van der Waals surface area contributed by atoms with Gasteiger partial charge in [-0.05, 0) is 19.8 Å². The van der Waals surface area contributed by atoms with Crippen molar-refractivity contribution >= 4 is 11.9 Å². The van der Waals surface area contributed by atoms with E-state index in [1.165, 1.54) is 6.92 Å². The van der Waals surface area contributed by atoms with Crippen molar-refractivity contribution in [3.63, 3.8) is 0 Å². The zero-order valence-electron chi connectivity index (χ0n) is 8.62. The van der Waals surface area contributed by atoms with Gasteiger partial charge in [-0.25, -0.2) is 4.79 Å². The molecule has 0 amide bonds. The molecular weight excluding hydrogens is 184 g/mol. The molecule has 0 saturated carbocycles. The molecule has 80 valence electrons. The molecule has 0 aromatic rings. The third kappa shape index (κ3) is 5.35. The van der Waals surface area contributed by atoms with Crippen molar-refractivity contribution in [3.8, 4) is 0 Å². The first kappa shape index (κ1) is 12.7. The summed E-state index contributed by atoms with van der Waals surface area (Å²) < 4.78 is 9.56. The predicted octanol–water partition coefficient (Wildman–Crippen LogP) is 1.45. The third-order valence-electron chi connectivity index (χ3n) is 1.49. The molecule has 14 heavy (non-hydrogen) atoms. The lowest BCUT2D eigenvalue weighted by molar-refractivity contribution is -0.166. The molecule has 0 aliphatic rings. The Labute approximate surface area is 83.9 Å². The number of rotatable bonds is 6. The Hall–Kier alpha value is -1.32. The number of carbonyl (C=O) groups excluding carboxylic acids is 2. The van der Waals surface area contributed by atoms with Crippen molar-refractivity contribution < 1.29 is 19.1 Å². The smallest absolute Gasteiger partial charge is 0.347 e. The van der Waals surface area contributed by atoms with Crippen LogP contribution in [0.4, 0.5) is 0 Å². The first-order valence-electron chi connectivity index (χ1n) is 4.56. The fourth-order valence-corrected chi connectivity index (χ4v) is 0.930. The SMILES string of the molecule is C=CCCC(OC(C)=O)C(=O)OCC. The zero-order chi connectivity index (χ0) is 11.0. The maximum absolute atomic E-state index is 11.3. The standard InChI is InChI=1S/C10H16O4/c1-4-6-7-9(14-8(3)11)10(12)13-5-2/h4,9H,1,5-7H2,2-3H3. The fraction of sp³-hybridized carbons (Fsp3) is 0.600. The third-order valence-corrected chi connectivity index (χ3v) is 1.49. The van der Waals surface area contributed by atoms with Crippen LogP contribution in [0.3, 0.4) is 0 Å². The average molecular weight is 200 g/mol. The van der Waals surface area contributed by atoms with Crippen LogP contribution in [-0.4, -0.2) is 24.6 Å². The Bertz CT molecular complexity index is 210. The van der Waals surface area contributed by atoms with E-state index in [1.54, 1.807) is 13.0 Å². The number of allylic oxidation sites excluding steroid dienone is 1. The van der Waals surface area contributed by atoms with E-state index in [-0.39, 0.29) is 6.61 Å². The van der Waals surface area contributed by atoms with Crippen molar-refractivity contribution in [2.45, 2.75) is 32.8 Å². The van der Waals surface area contributed by atoms with Crippen LogP contribution in [0.1, 0.15) is 26.7 Å². The van der Waals surface area contributed by atoms with Gasteiger partial charge in [0.15, 0.2) is 6.10 Å². The molecule has 1 unspecified atom stereocenters. The molecule has 0 aliphatic carbocycles. The normalized spacial score (nSPS) is 11.6. The van der Waals surface area contributed by atoms with E-state index in [2.05, 4.69) is 6.58 Å². The summed E-state index contributed by atoms with van der Waals surface area (Å²) in [7, 11) is 0. The Kier molecular flexibility index (Phi) is 6.45. The van der Waals surface area contributed by atoms with Crippen molar-refractivity contribution in [2.75, 3.05) is 6.61 Å². The number of hydrogen-bond acceptors (Lipinski definition) is 4. The molecule has 0 radical (unpaired) electrons. The highest BCUT2D eigenvalue weighted by Crippen LogP contribution is 2.05. The predicted molar refractivity (Wildman–Crippen MR) is 51.6 cm³/mol. The maximum atomic E-state index is 11.3. The minimum atomic E-state index is -0.801. The van der Waals surface area contributed by atoms with E-state index >= 15 is 0 Å². The highest BCUT2D eigenvalue weighted by atomic mass is 16.6. The van der Waals surface area contributed by atoms with Gasteiger partial charge in [0, 0.05) is 6.92 Å². The summed E-state index contributed by atoms with van der Waals surface area (Å²) in [6.07, 6.45) is 1.89. The van der Waals surface area contributed by atoms with E-state index in [9.17, 15) is 9.59 Å². The van der Waals surface area contributed by atoms with Gasteiger partial charge < -0.3 is 9.47 Å². The lowest BCUT2D eigenvalue weighted by atomic mass is 10.2. The van der Waals surface area contributed by atoms with Crippen LogP contribution in [0.2, 0.25) is 0 Å². The summed E-state index contributed by atoms with van der Waals surface area (Å²) in [4.78, 5) is 21.9. The van der Waals surface area contributed by atoms with Crippen molar-refractivity contribution in [1.82, 2.24) is 0 Å². The summed E-state index contributed by atoms with van der Waals surface area (Å²) in [6, 6.07) is 0. The van der Waals surface area contributed by atoms with Crippen LogP contribution in [-0.2, 0) is 19.1 Å². The topological polar surface area (TPSA) is 52.6 Å². The van der Waals surface area contributed by atoms with Gasteiger partial charge in [0.05, 0.1) is 6.61 Å². The summed E-state index contributed by atoms with van der Waals surface area (Å²) in [5.74, 6) is -0.975. The van der Waals surface area contributed by atoms with Crippen LogP contribution in [0, 0.1) is 0 Å². The first-order valence-corrected chi connectivity index (χ1v) is 4.56. The second kappa shape index (κ2) is 7.12. The minimum Gasteiger partial charge on any atom is -0.463 e. The molecule has 4 heteroatoms. The molecule has 4 nitrogen and oxygen atoms in total. The van der Waals surface area contributed by atoms with E-state index < -0.39 is 18.0 Å². The number of carbonyl (C=O) groups is 2. The molecule has 0 aromatic heterocycles. The summed E-state index contributed by atoms with van der Waals surface area (Å²) in [5, 5.41) is 0. The van der Waals surface area contributed by atoms with Gasteiger partial charge >= 0.3 is 11.9 Å². The highest BCUT2D eigenvalue weighted by Gasteiger charge is 2.21. The molecule has 0 saturated heterocycles. The Balaban J connectivity index is 4.14. The van der Waals surface area contributed by atoms with E-state index in [1.807, 2.05) is 0 Å². The molecule has 0 aromatic carbocycles. The molecule has 0 bridgehead atoms. The first-order chi connectivity index (χ1) is 6.61. The van der Waals surface area contributed by atoms with Gasteiger partial charge in [0.1, 0.15) is 0 Å². The van der Waals surface area contributed by atoms with Gasteiger partial charge in [0.2, 0.25) is 0 Å². The molecule has 0 N–H and O–H groups in total. The number of esters is 2. The van der Waals surface area contributed by atoms with Crippen LogP contribution in [0.15, 0.2) is 12.7 Å². The summed E-state index contributed by atoms with van der Waals surface area (Å²) in [5.41, 5.74) is 0. The van der Waals surface area contributed by atoms with E-state index in [0.29, 0.717) is 12.8 Å². The van der Waals surface area contributed by atoms with Gasteiger partial charge in [-0.2, -0.15) is 0 Å². The van der Waals surface area contributed by atoms with Gasteiger partial charge in [-0.15, -0.1) is 6.58 Å². The maximum Gasteiger partial charge on any atom is 0.347 e. The van der Waals surface area contributed by atoms with Crippen molar-refractivity contribution in [3.05, 3.63) is 12.7 Å². The van der Waals surface area contributed by atoms with Crippen LogP contribution < -0.4 is 0 Å². The van der Waals surface area contributed by atoms with Crippen LogP contribution in [0.25, 0.3) is 0 Å². The monoisotopic (exact) mass is 200 g/mol. The second-order valence-electron chi connectivity index (χ2n) is 2.72. The lowest BCUT2D eigenvalue weighted by Crippen LogP contribution is -2.28. The molecule has 0 heterocycles. The largest absolute Gasteiger partial charge is 0.463 e. The van der Waals surface area contributed by atoms with Crippen LogP contribution in [0.5, 0.6) is 0 Å². The Morgan fingerprint density at radius 1 is 1.50 bits per heavy atom. The highest BCUT2D eigenvalue weighted by molar-refractivity contribution is 5.78.